The number of nitrogens with zero attached hydrogens (tertiary/aromatic N) is 1. The molecule has 0 bridgehead atoms. The fraction of sp³-hybridized carbons (Fsp3) is 0.944. The third kappa shape index (κ3) is 2.92. The molecule has 0 aromatic heterocycles. The number of carbonyl (C=O) groups is 1. The van der Waals surface area contributed by atoms with Gasteiger partial charge in [0.1, 0.15) is 0 Å². The number of hydrogen-bond acceptors (Lipinski definition) is 3. The van der Waals surface area contributed by atoms with Crippen LogP contribution in [0.1, 0.15) is 64.7 Å². The second-order valence-corrected chi connectivity index (χ2v) is 7.44. The van der Waals surface area contributed by atoms with Crippen LogP contribution in [0.25, 0.3) is 0 Å². The summed E-state index contributed by atoms with van der Waals surface area (Å²) in [6, 6.07) is 0. The molecular formula is C18H31NO3. The maximum Gasteiger partial charge on any atom is 0.225 e. The second-order valence-electron chi connectivity index (χ2n) is 7.44. The Labute approximate surface area is 134 Å². The first-order chi connectivity index (χ1) is 10.7. The van der Waals surface area contributed by atoms with Crippen LogP contribution in [0.2, 0.25) is 0 Å². The summed E-state index contributed by atoms with van der Waals surface area (Å²) in [4.78, 5) is 14.8. The van der Waals surface area contributed by atoms with E-state index >= 15 is 0 Å². The highest BCUT2D eigenvalue weighted by Crippen LogP contribution is 2.51. The average Bonchev–Trinajstić information content (AvgIpc) is 2.83. The van der Waals surface area contributed by atoms with E-state index < -0.39 is 0 Å². The first-order valence-electron chi connectivity index (χ1n) is 9.26. The van der Waals surface area contributed by atoms with Crippen LogP contribution in [0.4, 0.5) is 0 Å². The van der Waals surface area contributed by atoms with Gasteiger partial charge in [0.2, 0.25) is 5.91 Å². The van der Waals surface area contributed by atoms with Gasteiger partial charge in [0, 0.05) is 37.5 Å². The molecule has 0 aromatic rings. The molecular weight excluding hydrogens is 278 g/mol. The Morgan fingerprint density at radius 2 is 1.82 bits per heavy atom. The molecule has 0 unspecified atom stereocenters. The van der Waals surface area contributed by atoms with E-state index in [0.717, 1.165) is 45.2 Å². The molecule has 1 heterocycles. The zero-order valence-electron chi connectivity index (χ0n) is 13.9. The van der Waals surface area contributed by atoms with Crippen molar-refractivity contribution in [1.82, 2.24) is 4.90 Å². The van der Waals surface area contributed by atoms with Crippen molar-refractivity contribution in [3.8, 4) is 0 Å². The summed E-state index contributed by atoms with van der Waals surface area (Å²) in [6.07, 6.45) is 9.67. The van der Waals surface area contributed by atoms with Gasteiger partial charge in [-0.15, -0.1) is 0 Å². The number of rotatable bonds is 3. The van der Waals surface area contributed by atoms with Crippen LogP contribution in [-0.2, 0) is 9.53 Å². The zero-order chi connectivity index (χ0) is 15.6. The van der Waals surface area contributed by atoms with Gasteiger partial charge in [-0.3, -0.25) is 4.79 Å². The predicted octanol–water partition coefficient (Wildman–Crippen LogP) is 2.74. The minimum Gasteiger partial charge on any atom is -0.392 e. The number of piperidine rings is 1. The van der Waals surface area contributed by atoms with E-state index in [-0.39, 0.29) is 23.5 Å². The minimum atomic E-state index is -0.237. The fourth-order valence-electron chi connectivity index (χ4n) is 4.74. The SMILES string of the molecule is CCO[C@H]1C[C@H](O)C12CCN(C(=O)C1CCCCCC1)CC2. The maximum atomic E-state index is 12.7. The van der Waals surface area contributed by atoms with E-state index in [1.165, 1.54) is 25.7 Å². The van der Waals surface area contributed by atoms with Crippen LogP contribution >= 0.6 is 0 Å². The number of hydrogen-bond donors (Lipinski definition) is 1. The summed E-state index contributed by atoms with van der Waals surface area (Å²) in [5.74, 6) is 0.629. The first kappa shape index (κ1) is 16.3. The molecule has 3 rings (SSSR count). The molecule has 3 aliphatic rings. The lowest BCUT2D eigenvalue weighted by molar-refractivity contribution is -0.210. The molecule has 2 aliphatic carbocycles. The first-order valence-corrected chi connectivity index (χ1v) is 9.26. The van der Waals surface area contributed by atoms with Gasteiger partial charge in [-0.2, -0.15) is 0 Å². The number of ether oxygens (including phenoxy) is 1. The summed E-state index contributed by atoms with van der Waals surface area (Å²) in [5, 5.41) is 10.2. The van der Waals surface area contributed by atoms with E-state index in [0.29, 0.717) is 12.5 Å². The average molecular weight is 309 g/mol. The van der Waals surface area contributed by atoms with Crippen molar-refractivity contribution in [2.45, 2.75) is 76.9 Å². The summed E-state index contributed by atoms with van der Waals surface area (Å²) in [6.45, 7) is 4.33. The highest BCUT2D eigenvalue weighted by atomic mass is 16.5. The van der Waals surface area contributed by atoms with Crippen molar-refractivity contribution in [2.75, 3.05) is 19.7 Å². The van der Waals surface area contributed by atoms with E-state index in [9.17, 15) is 9.90 Å². The Kier molecular flexibility index (Phi) is 5.08. The monoisotopic (exact) mass is 309 g/mol. The van der Waals surface area contributed by atoms with Crippen LogP contribution in [0.15, 0.2) is 0 Å². The van der Waals surface area contributed by atoms with Crippen molar-refractivity contribution in [2.24, 2.45) is 11.3 Å². The van der Waals surface area contributed by atoms with Crippen molar-refractivity contribution >= 4 is 5.91 Å². The Balaban J connectivity index is 1.55. The van der Waals surface area contributed by atoms with Gasteiger partial charge in [0.15, 0.2) is 0 Å². The molecule has 3 fully saturated rings. The largest absolute Gasteiger partial charge is 0.392 e. The summed E-state index contributed by atoms with van der Waals surface area (Å²) >= 11 is 0. The highest BCUT2D eigenvalue weighted by Gasteiger charge is 2.56. The number of likely N-dealkylation sites (tertiary alicyclic amines) is 1. The lowest BCUT2D eigenvalue weighted by atomic mass is 9.58. The molecule has 1 aliphatic heterocycles. The molecule has 22 heavy (non-hydrogen) atoms. The number of aliphatic hydroxyl groups excluding tert-OH is 1. The van der Waals surface area contributed by atoms with E-state index in [1.807, 2.05) is 6.92 Å². The molecule has 0 aromatic carbocycles. The molecule has 4 heteroatoms. The molecule has 1 amide bonds. The molecule has 4 nitrogen and oxygen atoms in total. The molecule has 2 atom stereocenters. The van der Waals surface area contributed by atoms with Crippen LogP contribution in [-0.4, -0.2) is 47.8 Å². The number of carbonyl (C=O) groups excluding carboxylic acids is 1. The number of aliphatic hydroxyl groups is 1. The minimum absolute atomic E-state index is 0.0732. The fourth-order valence-corrected chi connectivity index (χ4v) is 4.74. The molecule has 126 valence electrons. The lowest BCUT2D eigenvalue weighted by Gasteiger charge is -2.56. The van der Waals surface area contributed by atoms with Gasteiger partial charge in [-0.25, -0.2) is 0 Å². The van der Waals surface area contributed by atoms with Gasteiger partial charge in [-0.05, 0) is 32.6 Å². The topological polar surface area (TPSA) is 49.8 Å². The standard InChI is InChI=1S/C18H31NO3/c1-2-22-16-13-15(20)18(16)9-11-19(12-10-18)17(21)14-7-5-3-4-6-8-14/h14-16,20H,2-13H2,1H3/t15-,16-/m0/s1. The van der Waals surface area contributed by atoms with Gasteiger partial charge < -0.3 is 14.7 Å². The third-order valence-corrected chi connectivity index (χ3v) is 6.32. The van der Waals surface area contributed by atoms with Crippen molar-refractivity contribution in [1.29, 1.82) is 0 Å². The van der Waals surface area contributed by atoms with E-state index in [2.05, 4.69) is 4.90 Å². The second kappa shape index (κ2) is 6.88. The Morgan fingerprint density at radius 1 is 1.18 bits per heavy atom. The van der Waals surface area contributed by atoms with E-state index in [1.54, 1.807) is 0 Å². The maximum absolute atomic E-state index is 12.7. The smallest absolute Gasteiger partial charge is 0.225 e. The Hall–Kier alpha value is -0.610. The van der Waals surface area contributed by atoms with Crippen molar-refractivity contribution in [3.05, 3.63) is 0 Å². The number of amides is 1. The van der Waals surface area contributed by atoms with Crippen molar-refractivity contribution in [3.63, 3.8) is 0 Å². The van der Waals surface area contributed by atoms with Crippen LogP contribution < -0.4 is 0 Å². The lowest BCUT2D eigenvalue weighted by Crippen LogP contribution is -2.63. The summed E-state index contributed by atoms with van der Waals surface area (Å²) in [5.41, 5.74) is -0.0732. The quantitative estimate of drug-likeness (QED) is 0.816. The van der Waals surface area contributed by atoms with Crippen LogP contribution in [0, 0.1) is 11.3 Å². The third-order valence-electron chi connectivity index (χ3n) is 6.32. The van der Waals surface area contributed by atoms with E-state index in [4.69, 9.17) is 4.74 Å². The van der Waals surface area contributed by atoms with Crippen LogP contribution in [0.3, 0.4) is 0 Å². The molecule has 1 N–H and O–H groups in total. The predicted molar refractivity (Wildman–Crippen MR) is 85.5 cm³/mol. The Bertz CT molecular complexity index is 380. The Morgan fingerprint density at radius 3 is 2.36 bits per heavy atom. The van der Waals surface area contributed by atoms with Crippen LogP contribution in [0.5, 0.6) is 0 Å². The summed E-state index contributed by atoms with van der Waals surface area (Å²) < 4.78 is 5.81. The normalized spacial score (nSPS) is 32.5. The molecule has 1 saturated heterocycles. The molecule has 2 saturated carbocycles. The van der Waals surface area contributed by atoms with Gasteiger partial charge in [0.05, 0.1) is 12.2 Å². The molecule has 1 spiro atoms. The van der Waals surface area contributed by atoms with Gasteiger partial charge in [0.25, 0.3) is 0 Å². The van der Waals surface area contributed by atoms with Gasteiger partial charge in [-0.1, -0.05) is 25.7 Å². The highest BCUT2D eigenvalue weighted by molar-refractivity contribution is 5.79. The molecule has 0 radical (unpaired) electrons. The van der Waals surface area contributed by atoms with Crippen molar-refractivity contribution < 1.29 is 14.6 Å². The zero-order valence-corrected chi connectivity index (χ0v) is 13.9. The summed E-state index contributed by atoms with van der Waals surface area (Å²) in [7, 11) is 0. The van der Waals surface area contributed by atoms with Gasteiger partial charge >= 0.3 is 0 Å².